The van der Waals surface area contributed by atoms with Crippen LogP contribution in [0.5, 0.6) is 11.5 Å². The van der Waals surface area contributed by atoms with Crippen LogP contribution in [0.25, 0.3) is 6.08 Å². The molecule has 0 atom stereocenters. The van der Waals surface area contributed by atoms with E-state index in [9.17, 15) is 9.59 Å². The zero-order chi connectivity index (χ0) is 23.0. The predicted molar refractivity (Wildman–Crippen MR) is 125 cm³/mol. The average molecular weight is 489 g/mol. The van der Waals surface area contributed by atoms with E-state index in [-0.39, 0.29) is 33.5 Å². The number of benzene rings is 2. The van der Waals surface area contributed by atoms with Gasteiger partial charge in [0, 0.05) is 5.02 Å². The van der Waals surface area contributed by atoms with Gasteiger partial charge in [0.25, 0.3) is 5.91 Å². The van der Waals surface area contributed by atoms with Crippen LogP contribution in [0.4, 0.5) is 0 Å². The number of amides is 1. The molecular weight excluding hydrogens is 475 g/mol. The number of amidine groups is 2. The second kappa shape index (κ2) is 8.78. The number of aliphatic imine (C=N–C) groups is 1. The Balaban J connectivity index is 1.61. The summed E-state index contributed by atoms with van der Waals surface area (Å²) in [5.41, 5.74) is 0.775. The highest BCUT2D eigenvalue weighted by Crippen LogP contribution is 2.32. The number of methoxy groups -OCH3 is 1. The monoisotopic (exact) mass is 488 g/mol. The van der Waals surface area contributed by atoms with E-state index in [1.165, 1.54) is 54.2 Å². The zero-order valence-corrected chi connectivity index (χ0v) is 19.0. The SMILES string of the molecule is COc1cc(/C=C2/C(=N)N3N=C(C)SC3=NC2=O)ccc1OC(=O)c1ccc(Cl)cc1Cl. The van der Waals surface area contributed by atoms with E-state index in [2.05, 4.69) is 10.1 Å². The lowest BCUT2D eigenvalue weighted by atomic mass is 10.1. The second-order valence-electron chi connectivity index (χ2n) is 6.56. The van der Waals surface area contributed by atoms with Crippen LogP contribution in [0, 0.1) is 5.41 Å². The quantitative estimate of drug-likeness (QED) is 0.374. The highest BCUT2D eigenvalue weighted by Gasteiger charge is 2.34. The molecule has 8 nitrogen and oxygen atoms in total. The topological polar surface area (TPSA) is 104 Å². The highest BCUT2D eigenvalue weighted by molar-refractivity contribution is 8.26. The van der Waals surface area contributed by atoms with E-state index in [0.717, 1.165) is 0 Å². The molecule has 1 amide bonds. The number of esters is 1. The van der Waals surface area contributed by atoms with Gasteiger partial charge in [-0.3, -0.25) is 10.2 Å². The Morgan fingerprint density at radius 3 is 2.69 bits per heavy atom. The number of thioether (sulfide) groups is 1. The Kier molecular flexibility index (Phi) is 6.05. The van der Waals surface area contributed by atoms with E-state index >= 15 is 0 Å². The lowest BCUT2D eigenvalue weighted by Gasteiger charge is -2.20. The maximum Gasteiger partial charge on any atom is 0.345 e. The van der Waals surface area contributed by atoms with E-state index in [1.807, 2.05) is 0 Å². The molecule has 0 aliphatic carbocycles. The molecule has 32 heavy (non-hydrogen) atoms. The van der Waals surface area contributed by atoms with Crippen molar-refractivity contribution in [1.29, 1.82) is 5.41 Å². The van der Waals surface area contributed by atoms with Crippen LogP contribution in [-0.2, 0) is 4.79 Å². The molecule has 11 heteroatoms. The third-order valence-electron chi connectivity index (χ3n) is 4.41. The van der Waals surface area contributed by atoms with Crippen LogP contribution in [0.3, 0.4) is 0 Å². The first-order valence-corrected chi connectivity index (χ1v) is 10.7. The summed E-state index contributed by atoms with van der Waals surface area (Å²) in [5, 5.41) is 15.4. The van der Waals surface area contributed by atoms with Crippen LogP contribution >= 0.6 is 35.0 Å². The second-order valence-corrected chi connectivity index (χ2v) is 8.57. The third kappa shape index (κ3) is 4.27. The first kappa shape index (κ1) is 22.1. The molecule has 2 aromatic carbocycles. The van der Waals surface area contributed by atoms with Gasteiger partial charge in [0.05, 0.1) is 28.3 Å². The fourth-order valence-electron chi connectivity index (χ4n) is 2.92. The van der Waals surface area contributed by atoms with Gasteiger partial charge in [0.15, 0.2) is 17.3 Å². The van der Waals surface area contributed by atoms with E-state index in [0.29, 0.717) is 20.8 Å². The van der Waals surface area contributed by atoms with Crippen molar-refractivity contribution in [3.63, 3.8) is 0 Å². The van der Waals surface area contributed by atoms with E-state index < -0.39 is 11.9 Å². The number of nitrogens with one attached hydrogen (secondary N) is 1. The van der Waals surface area contributed by atoms with Gasteiger partial charge in [-0.1, -0.05) is 29.3 Å². The summed E-state index contributed by atoms with van der Waals surface area (Å²) in [7, 11) is 1.42. The molecule has 0 saturated heterocycles. The maximum absolute atomic E-state index is 12.5. The van der Waals surface area contributed by atoms with Crippen molar-refractivity contribution in [3.8, 4) is 11.5 Å². The van der Waals surface area contributed by atoms with Crippen molar-refractivity contribution in [2.24, 2.45) is 10.1 Å². The summed E-state index contributed by atoms with van der Waals surface area (Å²) in [5.74, 6) is -0.877. The number of halogens is 2. The summed E-state index contributed by atoms with van der Waals surface area (Å²) < 4.78 is 10.8. The zero-order valence-electron chi connectivity index (χ0n) is 16.7. The first-order valence-electron chi connectivity index (χ1n) is 9.09. The number of rotatable bonds is 4. The lowest BCUT2D eigenvalue weighted by Crippen LogP contribution is -2.35. The molecule has 0 unspecified atom stereocenters. The highest BCUT2D eigenvalue weighted by atomic mass is 35.5. The minimum atomic E-state index is -0.679. The van der Waals surface area contributed by atoms with Crippen LogP contribution in [-0.4, -0.2) is 40.0 Å². The Labute approximate surface area is 197 Å². The molecule has 2 aromatic rings. The molecule has 0 fully saturated rings. The molecule has 0 bridgehead atoms. The van der Waals surface area contributed by atoms with E-state index in [4.69, 9.17) is 38.1 Å². The smallest absolute Gasteiger partial charge is 0.345 e. The minimum Gasteiger partial charge on any atom is -0.493 e. The molecule has 1 N–H and O–H groups in total. The molecule has 0 spiro atoms. The van der Waals surface area contributed by atoms with Gasteiger partial charge in [-0.05, 0) is 60.7 Å². The minimum absolute atomic E-state index is 0.0730. The maximum atomic E-state index is 12.5. The normalized spacial score (nSPS) is 16.6. The summed E-state index contributed by atoms with van der Waals surface area (Å²) in [6.45, 7) is 1.77. The molecule has 162 valence electrons. The summed E-state index contributed by atoms with van der Waals surface area (Å²) in [4.78, 5) is 28.9. The number of fused-ring (bicyclic) bond motifs is 1. The average Bonchev–Trinajstić information content (AvgIpc) is 3.12. The van der Waals surface area contributed by atoms with Crippen LogP contribution < -0.4 is 9.47 Å². The molecule has 2 aliphatic rings. The van der Waals surface area contributed by atoms with E-state index in [1.54, 1.807) is 19.1 Å². The molecule has 4 rings (SSSR count). The number of hydrazone groups is 1. The summed E-state index contributed by atoms with van der Waals surface area (Å²) in [6.07, 6.45) is 1.50. The molecule has 2 aliphatic heterocycles. The molecule has 0 radical (unpaired) electrons. The summed E-state index contributed by atoms with van der Waals surface area (Å²) >= 11 is 13.2. The Morgan fingerprint density at radius 1 is 1.19 bits per heavy atom. The van der Waals surface area contributed by atoms with Crippen molar-refractivity contribution in [3.05, 3.63) is 63.1 Å². The molecular formula is C21H14Cl2N4O4S. The van der Waals surface area contributed by atoms with Gasteiger partial charge >= 0.3 is 5.97 Å². The van der Waals surface area contributed by atoms with Crippen molar-refractivity contribution < 1.29 is 19.1 Å². The Hall–Kier alpha value is -3.14. The molecule has 2 heterocycles. The first-order chi connectivity index (χ1) is 15.3. The van der Waals surface area contributed by atoms with Crippen molar-refractivity contribution in [2.75, 3.05) is 7.11 Å². The van der Waals surface area contributed by atoms with Gasteiger partial charge < -0.3 is 9.47 Å². The van der Waals surface area contributed by atoms with Gasteiger partial charge in [0.2, 0.25) is 5.17 Å². The fourth-order valence-corrected chi connectivity index (χ4v) is 4.14. The van der Waals surface area contributed by atoms with Gasteiger partial charge in [-0.15, -0.1) is 0 Å². The lowest BCUT2D eigenvalue weighted by molar-refractivity contribution is -0.114. The molecule has 0 saturated carbocycles. The Morgan fingerprint density at radius 2 is 1.97 bits per heavy atom. The largest absolute Gasteiger partial charge is 0.493 e. The number of carbonyl (C=O) groups excluding carboxylic acids is 2. The van der Waals surface area contributed by atoms with Gasteiger partial charge in [0.1, 0.15) is 0 Å². The van der Waals surface area contributed by atoms with Crippen molar-refractivity contribution in [1.82, 2.24) is 5.01 Å². The third-order valence-corrected chi connectivity index (χ3v) is 5.78. The fraction of sp³-hybridized carbons (Fsp3) is 0.0952. The van der Waals surface area contributed by atoms with Crippen molar-refractivity contribution >= 4 is 69.0 Å². The number of ether oxygens (including phenoxy) is 2. The number of carbonyl (C=O) groups is 2. The Bertz CT molecular complexity index is 1270. The summed E-state index contributed by atoms with van der Waals surface area (Å²) in [6, 6.07) is 9.16. The number of hydrogen-bond donors (Lipinski definition) is 1. The van der Waals surface area contributed by atoms with Crippen LogP contribution in [0.15, 0.2) is 52.1 Å². The number of hydrogen-bond acceptors (Lipinski definition) is 7. The van der Waals surface area contributed by atoms with Crippen molar-refractivity contribution in [2.45, 2.75) is 6.92 Å². The predicted octanol–water partition coefficient (Wildman–Crippen LogP) is 4.86. The van der Waals surface area contributed by atoms with Gasteiger partial charge in [-0.2, -0.15) is 15.1 Å². The van der Waals surface area contributed by atoms with Crippen LogP contribution in [0.2, 0.25) is 10.0 Å². The molecule has 0 aromatic heterocycles. The number of nitrogens with zero attached hydrogens (tertiary/aromatic N) is 3. The van der Waals surface area contributed by atoms with Gasteiger partial charge in [-0.25, -0.2) is 4.79 Å². The standard InChI is InChI=1S/C21H14Cl2N4O4S/c1-10-26-27-18(24)14(19(28)25-21(27)32-10)7-11-3-6-16(17(8-11)30-2)31-20(29)13-5-4-12(22)9-15(13)23/h3-9,24H,1-2H3/b14-7-,24-18?. The van der Waals surface area contributed by atoms with Crippen LogP contribution in [0.1, 0.15) is 22.8 Å².